The molecule has 3 fully saturated rings. The highest BCUT2D eigenvalue weighted by atomic mass is 16.4. The molecule has 6 heteroatoms. The number of amides is 2. The van der Waals surface area contributed by atoms with Crippen molar-refractivity contribution in [2.75, 3.05) is 19.6 Å². The van der Waals surface area contributed by atoms with E-state index in [1.165, 1.54) is 0 Å². The van der Waals surface area contributed by atoms with Gasteiger partial charge in [-0.2, -0.15) is 0 Å². The van der Waals surface area contributed by atoms with Crippen LogP contribution in [0, 0.1) is 11.8 Å². The van der Waals surface area contributed by atoms with Crippen molar-refractivity contribution in [3.05, 3.63) is 0 Å². The van der Waals surface area contributed by atoms with Gasteiger partial charge in [0.2, 0.25) is 11.8 Å². The van der Waals surface area contributed by atoms with Gasteiger partial charge < -0.3 is 14.9 Å². The summed E-state index contributed by atoms with van der Waals surface area (Å²) >= 11 is 0. The van der Waals surface area contributed by atoms with Gasteiger partial charge in [0.15, 0.2) is 0 Å². The highest BCUT2D eigenvalue weighted by molar-refractivity contribution is 5.82. The zero-order valence-electron chi connectivity index (χ0n) is 12.2. The molecule has 2 amide bonds. The third kappa shape index (κ3) is 2.76. The van der Waals surface area contributed by atoms with Gasteiger partial charge in [-0.25, -0.2) is 0 Å². The third-order valence-corrected chi connectivity index (χ3v) is 5.23. The smallest absolute Gasteiger partial charge is 0.306 e. The second-order valence-electron chi connectivity index (χ2n) is 6.45. The van der Waals surface area contributed by atoms with Crippen molar-refractivity contribution in [1.82, 2.24) is 9.80 Å². The van der Waals surface area contributed by atoms with Crippen LogP contribution in [0.2, 0.25) is 0 Å². The minimum absolute atomic E-state index is 0.0238. The summed E-state index contributed by atoms with van der Waals surface area (Å²) in [5, 5.41) is 9.01. The van der Waals surface area contributed by atoms with Crippen LogP contribution in [0.4, 0.5) is 0 Å². The third-order valence-electron chi connectivity index (χ3n) is 5.23. The maximum absolute atomic E-state index is 12.6. The number of fused-ring (bicyclic) bond motifs is 1. The molecular weight excluding hydrogens is 272 g/mol. The molecule has 1 atom stereocenters. The van der Waals surface area contributed by atoms with E-state index in [4.69, 9.17) is 5.11 Å². The largest absolute Gasteiger partial charge is 0.481 e. The number of carbonyl (C=O) groups is 3. The minimum Gasteiger partial charge on any atom is -0.481 e. The molecule has 0 aromatic carbocycles. The Labute approximate surface area is 124 Å². The van der Waals surface area contributed by atoms with Crippen molar-refractivity contribution >= 4 is 17.8 Å². The molecule has 116 valence electrons. The van der Waals surface area contributed by atoms with Gasteiger partial charge >= 0.3 is 5.97 Å². The lowest BCUT2D eigenvalue weighted by Gasteiger charge is -2.39. The molecule has 0 spiro atoms. The quantitative estimate of drug-likeness (QED) is 0.813. The molecule has 3 aliphatic rings. The number of hydrogen-bond acceptors (Lipinski definition) is 3. The van der Waals surface area contributed by atoms with Gasteiger partial charge in [0.25, 0.3) is 0 Å². The van der Waals surface area contributed by atoms with E-state index in [-0.39, 0.29) is 29.7 Å². The highest BCUT2D eigenvalue weighted by Gasteiger charge is 2.39. The number of carbonyl (C=O) groups excluding carboxylic acids is 2. The van der Waals surface area contributed by atoms with Crippen LogP contribution in [0.1, 0.15) is 38.5 Å². The van der Waals surface area contributed by atoms with Crippen LogP contribution in [0.15, 0.2) is 0 Å². The summed E-state index contributed by atoms with van der Waals surface area (Å²) in [7, 11) is 0. The molecule has 0 aromatic heterocycles. The molecule has 21 heavy (non-hydrogen) atoms. The molecule has 1 aliphatic carbocycles. The van der Waals surface area contributed by atoms with Gasteiger partial charge in [0.1, 0.15) is 0 Å². The average molecular weight is 294 g/mol. The number of aliphatic carboxylic acids is 1. The maximum Gasteiger partial charge on any atom is 0.306 e. The molecule has 2 aliphatic heterocycles. The molecule has 1 N–H and O–H groups in total. The lowest BCUT2D eigenvalue weighted by atomic mass is 9.81. The summed E-state index contributed by atoms with van der Waals surface area (Å²) in [6, 6.07) is 0.200. The van der Waals surface area contributed by atoms with Gasteiger partial charge in [-0.3, -0.25) is 14.4 Å². The highest BCUT2D eigenvalue weighted by Crippen LogP contribution is 2.31. The fraction of sp³-hybridized carbons (Fsp3) is 0.800. The monoisotopic (exact) mass is 294 g/mol. The topological polar surface area (TPSA) is 77.9 Å². The fourth-order valence-corrected chi connectivity index (χ4v) is 3.91. The summed E-state index contributed by atoms with van der Waals surface area (Å²) in [5.74, 6) is -0.659. The zero-order valence-corrected chi connectivity index (χ0v) is 12.2. The van der Waals surface area contributed by atoms with E-state index in [0.717, 1.165) is 6.42 Å². The molecule has 2 heterocycles. The summed E-state index contributed by atoms with van der Waals surface area (Å²) in [4.78, 5) is 39.0. The second-order valence-corrected chi connectivity index (χ2v) is 6.45. The fourth-order valence-electron chi connectivity index (χ4n) is 3.91. The zero-order chi connectivity index (χ0) is 15.0. The van der Waals surface area contributed by atoms with Gasteiger partial charge in [-0.05, 0) is 32.1 Å². The SMILES string of the molecule is O=C(O)C1CCC(C(=O)N2CCN3C(=O)CCC3C2)CC1. The summed E-state index contributed by atoms with van der Waals surface area (Å²) < 4.78 is 0. The Balaban J connectivity index is 1.55. The molecule has 0 bridgehead atoms. The Morgan fingerprint density at radius 3 is 2.33 bits per heavy atom. The molecule has 0 radical (unpaired) electrons. The van der Waals surface area contributed by atoms with Crippen LogP contribution in [0.5, 0.6) is 0 Å². The van der Waals surface area contributed by atoms with Crippen molar-refractivity contribution in [1.29, 1.82) is 0 Å². The van der Waals surface area contributed by atoms with Crippen LogP contribution in [0.25, 0.3) is 0 Å². The van der Waals surface area contributed by atoms with E-state index >= 15 is 0 Å². The Hall–Kier alpha value is -1.59. The number of carboxylic acids is 1. The molecule has 0 aromatic rings. The van der Waals surface area contributed by atoms with Gasteiger partial charge in [0.05, 0.1) is 5.92 Å². The van der Waals surface area contributed by atoms with E-state index in [0.29, 0.717) is 51.7 Å². The lowest BCUT2D eigenvalue weighted by molar-refractivity contribution is -0.147. The van der Waals surface area contributed by atoms with Crippen molar-refractivity contribution in [2.45, 2.75) is 44.6 Å². The lowest BCUT2D eigenvalue weighted by Crippen LogP contribution is -2.54. The van der Waals surface area contributed by atoms with Crippen LogP contribution in [-0.4, -0.2) is 58.4 Å². The van der Waals surface area contributed by atoms with Crippen molar-refractivity contribution in [3.63, 3.8) is 0 Å². The Morgan fingerprint density at radius 2 is 1.67 bits per heavy atom. The van der Waals surface area contributed by atoms with Crippen molar-refractivity contribution in [3.8, 4) is 0 Å². The second kappa shape index (κ2) is 5.66. The van der Waals surface area contributed by atoms with Gasteiger partial charge in [-0.1, -0.05) is 0 Å². The van der Waals surface area contributed by atoms with Crippen LogP contribution < -0.4 is 0 Å². The summed E-state index contributed by atoms with van der Waals surface area (Å²) in [5.41, 5.74) is 0. The number of hydrogen-bond donors (Lipinski definition) is 1. The standard InChI is InChI=1S/C15H22N2O4/c18-13-6-5-12-9-16(7-8-17(12)13)14(19)10-1-3-11(4-2-10)15(20)21/h10-12H,1-9H2,(H,20,21). The minimum atomic E-state index is -0.737. The summed E-state index contributed by atoms with van der Waals surface area (Å²) in [6.07, 6.45) is 4.03. The van der Waals surface area contributed by atoms with Crippen LogP contribution >= 0.6 is 0 Å². The number of carboxylic acid groups (broad SMARTS) is 1. The molecule has 6 nitrogen and oxygen atoms in total. The number of piperazine rings is 1. The normalized spacial score (nSPS) is 33.0. The van der Waals surface area contributed by atoms with Gasteiger partial charge in [-0.15, -0.1) is 0 Å². The van der Waals surface area contributed by atoms with Gasteiger partial charge in [0, 0.05) is 38.0 Å². The van der Waals surface area contributed by atoms with Crippen LogP contribution in [0.3, 0.4) is 0 Å². The first-order chi connectivity index (χ1) is 10.1. The Bertz CT molecular complexity index is 457. The van der Waals surface area contributed by atoms with E-state index in [9.17, 15) is 14.4 Å². The maximum atomic E-state index is 12.6. The molecule has 1 saturated carbocycles. The number of nitrogens with zero attached hydrogens (tertiary/aromatic N) is 2. The van der Waals surface area contributed by atoms with Crippen LogP contribution in [-0.2, 0) is 14.4 Å². The first kappa shape index (κ1) is 14.4. The molecular formula is C15H22N2O4. The number of rotatable bonds is 2. The predicted molar refractivity (Wildman–Crippen MR) is 74.4 cm³/mol. The van der Waals surface area contributed by atoms with Crippen molar-refractivity contribution in [2.24, 2.45) is 11.8 Å². The first-order valence-electron chi connectivity index (χ1n) is 7.87. The Kier molecular flexibility index (Phi) is 3.87. The molecule has 1 unspecified atom stereocenters. The molecule has 3 rings (SSSR count). The average Bonchev–Trinajstić information content (AvgIpc) is 2.87. The molecule has 2 saturated heterocycles. The first-order valence-corrected chi connectivity index (χ1v) is 7.87. The van der Waals surface area contributed by atoms with Crippen molar-refractivity contribution < 1.29 is 19.5 Å². The van der Waals surface area contributed by atoms with E-state index in [1.54, 1.807) is 0 Å². The Morgan fingerprint density at radius 1 is 1.00 bits per heavy atom. The van der Waals surface area contributed by atoms with E-state index in [1.807, 2.05) is 9.80 Å². The van der Waals surface area contributed by atoms with E-state index in [2.05, 4.69) is 0 Å². The summed E-state index contributed by atoms with van der Waals surface area (Å²) in [6.45, 7) is 1.93. The van der Waals surface area contributed by atoms with E-state index < -0.39 is 5.97 Å². The predicted octanol–water partition coefficient (Wildman–Crippen LogP) is 0.711.